The van der Waals surface area contributed by atoms with Gasteiger partial charge in [-0.05, 0) is 18.6 Å². The third-order valence-corrected chi connectivity index (χ3v) is 7.24. The Hall–Kier alpha value is -1.64. The number of nitrogens with zero attached hydrogens (tertiary/aromatic N) is 2. The number of hydrogen-bond donors (Lipinski definition) is 1. The molecule has 1 aromatic heterocycles. The molecule has 6 nitrogen and oxygen atoms in total. The lowest BCUT2D eigenvalue weighted by Crippen LogP contribution is -2.45. The number of likely N-dealkylation sites (tertiary alicyclic amines) is 1. The molecule has 1 amide bonds. The highest BCUT2D eigenvalue weighted by Crippen LogP contribution is 2.42. The summed E-state index contributed by atoms with van der Waals surface area (Å²) in [6.45, 7) is 1.62. The Labute approximate surface area is 153 Å². The molecule has 0 radical (unpaired) electrons. The van der Waals surface area contributed by atoms with Crippen molar-refractivity contribution >= 4 is 45.2 Å². The fourth-order valence-electron chi connectivity index (χ4n) is 3.62. The number of aliphatic carboxylic acids is 1. The van der Waals surface area contributed by atoms with Crippen molar-refractivity contribution in [3.8, 4) is 0 Å². The molecule has 0 spiro atoms. The number of amides is 1. The number of para-hydroxylation sites is 1. The maximum absolute atomic E-state index is 12.6. The predicted octanol–water partition coefficient (Wildman–Crippen LogP) is 2.34. The molecule has 2 atom stereocenters. The Bertz CT molecular complexity index is 791. The van der Waals surface area contributed by atoms with Crippen molar-refractivity contribution in [2.24, 2.45) is 11.3 Å². The average Bonchev–Trinajstić information content (AvgIpc) is 3.21. The van der Waals surface area contributed by atoms with Crippen LogP contribution in [-0.2, 0) is 14.3 Å². The van der Waals surface area contributed by atoms with Crippen LogP contribution in [0.1, 0.15) is 6.42 Å². The fraction of sp³-hybridized carbons (Fsp3) is 0.471. The van der Waals surface area contributed by atoms with E-state index in [4.69, 9.17) is 4.74 Å². The summed E-state index contributed by atoms with van der Waals surface area (Å²) in [5.74, 6) is -0.673. The van der Waals surface area contributed by atoms with Crippen molar-refractivity contribution in [1.29, 1.82) is 0 Å². The third kappa shape index (κ3) is 3.02. The molecule has 8 heteroatoms. The van der Waals surface area contributed by atoms with E-state index in [1.54, 1.807) is 16.2 Å². The van der Waals surface area contributed by atoms with Gasteiger partial charge in [-0.1, -0.05) is 23.9 Å². The fourth-order valence-corrected chi connectivity index (χ4v) is 5.59. The van der Waals surface area contributed by atoms with Crippen LogP contribution in [0.3, 0.4) is 0 Å². The quantitative estimate of drug-likeness (QED) is 0.823. The van der Waals surface area contributed by atoms with Gasteiger partial charge in [-0.3, -0.25) is 9.59 Å². The standard InChI is InChI=1S/C17H18N2O4S2/c20-14(9-24-16-18-12-3-1-2-4-13(12)25-16)19-7-11-8-23-6-5-17(11,10-19)15(21)22/h1-4,11H,5-10H2,(H,21,22)/t11-,17+/m0/s1. The Kier molecular flexibility index (Phi) is 4.43. The third-order valence-electron chi connectivity index (χ3n) is 5.08. The molecule has 0 aliphatic carbocycles. The molecule has 1 aromatic carbocycles. The molecule has 4 rings (SSSR count). The molecular weight excluding hydrogens is 360 g/mol. The van der Waals surface area contributed by atoms with E-state index < -0.39 is 11.4 Å². The van der Waals surface area contributed by atoms with Crippen LogP contribution in [0.5, 0.6) is 0 Å². The van der Waals surface area contributed by atoms with Gasteiger partial charge < -0.3 is 14.7 Å². The van der Waals surface area contributed by atoms with E-state index in [0.717, 1.165) is 14.6 Å². The van der Waals surface area contributed by atoms with Crippen molar-refractivity contribution in [2.45, 2.75) is 10.8 Å². The number of thioether (sulfide) groups is 1. The van der Waals surface area contributed by atoms with E-state index in [9.17, 15) is 14.7 Å². The van der Waals surface area contributed by atoms with Gasteiger partial charge in [-0.2, -0.15) is 0 Å². The summed E-state index contributed by atoms with van der Waals surface area (Å²) in [6, 6.07) is 7.89. The summed E-state index contributed by atoms with van der Waals surface area (Å²) >= 11 is 2.99. The maximum atomic E-state index is 12.6. The lowest BCUT2D eigenvalue weighted by Gasteiger charge is -2.33. The highest BCUT2D eigenvalue weighted by molar-refractivity contribution is 8.01. The van der Waals surface area contributed by atoms with Gasteiger partial charge in [0.25, 0.3) is 0 Å². The van der Waals surface area contributed by atoms with Crippen LogP contribution >= 0.6 is 23.1 Å². The van der Waals surface area contributed by atoms with Crippen molar-refractivity contribution in [1.82, 2.24) is 9.88 Å². The van der Waals surface area contributed by atoms with Gasteiger partial charge in [0, 0.05) is 25.6 Å². The van der Waals surface area contributed by atoms with Gasteiger partial charge in [0.2, 0.25) is 5.91 Å². The Morgan fingerprint density at radius 3 is 3.04 bits per heavy atom. The number of rotatable bonds is 4. The van der Waals surface area contributed by atoms with Crippen molar-refractivity contribution in [3.05, 3.63) is 24.3 Å². The summed E-state index contributed by atoms with van der Waals surface area (Å²) in [5.41, 5.74) is 0.102. The van der Waals surface area contributed by atoms with Crippen LogP contribution in [0, 0.1) is 11.3 Å². The monoisotopic (exact) mass is 378 g/mol. The van der Waals surface area contributed by atoms with E-state index in [-0.39, 0.29) is 24.1 Å². The number of thiazole rings is 1. The minimum absolute atomic E-state index is 0.0284. The molecular formula is C17H18N2O4S2. The van der Waals surface area contributed by atoms with Crippen molar-refractivity contribution in [2.75, 3.05) is 32.1 Å². The SMILES string of the molecule is O=C(CSc1nc2ccccc2s1)N1C[C@H]2COCC[C@@]2(C(=O)O)C1. The Morgan fingerprint density at radius 2 is 2.28 bits per heavy atom. The van der Waals surface area contributed by atoms with Crippen LogP contribution in [0.4, 0.5) is 0 Å². The summed E-state index contributed by atoms with van der Waals surface area (Å²) < 4.78 is 7.40. The predicted molar refractivity (Wildman–Crippen MR) is 95.9 cm³/mol. The molecule has 2 aliphatic heterocycles. The number of fused-ring (bicyclic) bond motifs is 2. The first-order valence-electron chi connectivity index (χ1n) is 8.16. The number of carboxylic acid groups (broad SMARTS) is 1. The molecule has 2 fully saturated rings. The topological polar surface area (TPSA) is 79.7 Å². The molecule has 0 unspecified atom stereocenters. The second-order valence-electron chi connectivity index (χ2n) is 6.49. The first-order chi connectivity index (χ1) is 12.1. The van der Waals surface area contributed by atoms with Crippen LogP contribution in [-0.4, -0.2) is 58.9 Å². The second-order valence-corrected chi connectivity index (χ2v) is 8.75. The summed E-state index contributed by atoms with van der Waals surface area (Å²) in [5, 5.41) is 9.68. The first-order valence-corrected chi connectivity index (χ1v) is 9.96. The molecule has 2 aromatic rings. The zero-order chi connectivity index (χ0) is 17.4. The number of ether oxygens (including phenoxy) is 1. The number of aromatic nitrogens is 1. The van der Waals surface area contributed by atoms with E-state index in [2.05, 4.69) is 4.98 Å². The number of carbonyl (C=O) groups excluding carboxylic acids is 1. The van der Waals surface area contributed by atoms with E-state index in [1.807, 2.05) is 24.3 Å². The van der Waals surface area contributed by atoms with Crippen LogP contribution < -0.4 is 0 Å². The average molecular weight is 378 g/mol. The van der Waals surface area contributed by atoms with E-state index in [0.29, 0.717) is 26.2 Å². The zero-order valence-corrected chi connectivity index (χ0v) is 15.1. The van der Waals surface area contributed by atoms with Crippen molar-refractivity contribution < 1.29 is 19.4 Å². The largest absolute Gasteiger partial charge is 0.481 e. The summed E-state index contributed by atoms with van der Waals surface area (Å²) in [7, 11) is 0. The van der Waals surface area contributed by atoms with Crippen LogP contribution in [0.25, 0.3) is 10.2 Å². The van der Waals surface area contributed by atoms with Gasteiger partial charge in [0.1, 0.15) is 0 Å². The summed E-state index contributed by atoms with van der Waals surface area (Å²) in [6.07, 6.45) is 0.474. The maximum Gasteiger partial charge on any atom is 0.311 e. The highest BCUT2D eigenvalue weighted by atomic mass is 32.2. The minimum atomic E-state index is -0.839. The zero-order valence-electron chi connectivity index (χ0n) is 13.5. The molecule has 2 aliphatic rings. The molecule has 0 bridgehead atoms. The van der Waals surface area contributed by atoms with E-state index in [1.165, 1.54) is 11.8 Å². The Balaban J connectivity index is 1.42. The number of carbonyl (C=O) groups is 2. The van der Waals surface area contributed by atoms with Gasteiger partial charge in [0.05, 0.1) is 28.0 Å². The molecule has 2 saturated heterocycles. The lowest BCUT2D eigenvalue weighted by atomic mass is 9.74. The van der Waals surface area contributed by atoms with Gasteiger partial charge in [-0.15, -0.1) is 11.3 Å². The number of hydrogen-bond acceptors (Lipinski definition) is 6. The second kappa shape index (κ2) is 6.59. The Morgan fingerprint density at radius 1 is 1.44 bits per heavy atom. The van der Waals surface area contributed by atoms with Gasteiger partial charge in [-0.25, -0.2) is 4.98 Å². The minimum Gasteiger partial charge on any atom is -0.481 e. The van der Waals surface area contributed by atoms with Crippen molar-refractivity contribution in [3.63, 3.8) is 0 Å². The first kappa shape index (κ1) is 16.8. The smallest absolute Gasteiger partial charge is 0.311 e. The molecule has 132 valence electrons. The van der Waals surface area contributed by atoms with E-state index >= 15 is 0 Å². The van der Waals surface area contributed by atoms with Crippen LogP contribution in [0.2, 0.25) is 0 Å². The number of benzene rings is 1. The van der Waals surface area contributed by atoms with Gasteiger partial charge >= 0.3 is 5.97 Å². The molecule has 3 heterocycles. The molecule has 25 heavy (non-hydrogen) atoms. The molecule has 0 saturated carbocycles. The lowest BCUT2D eigenvalue weighted by molar-refractivity contribution is -0.157. The van der Waals surface area contributed by atoms with Crippen LogP contribution in [0.15, 0.2) is 28.6 Å². The normalized spacial score (nSPS) is 25.9. The molecule has 1 N–H and O–H groups in total. The summed E-state index contributed by atoms with van der Waals surface area (Å²) in [4.78, 5) is 30.6. The highest BCUT2D eigenvalue weighted by Gasteiger charge is 2.54. The number of carboxylic acids is 1. The van der Waals surface area contributed by atoms with Gasteiger partial charge in [0.15, 0.2) is 4.34 Å².